The van der Waals surface area contributed by atoms with Gasteiger partial charge < -0.3 is 9.14 Å². The summed E-state index contributed by atoms with van der Waals surface area (Å²) < 4.78 is 7.31. The van der Waals surface area contributed by atoms with E-state index < -0.39 is 0 Å². The highest BCUT2D eigenvalue weighted by molar-refractivity contribution is 5.46. The van der Waals surface area contributed by atoms with E-state index in [1.54, 1.807) is 7.11 Å². The third-order valence-electron chi connectivity index (χ3n) is 3.71. The van der Waals surface area contributed by atoms with Crippen LogP contribution >= 0.6 is 0 Å². The molecule has 90 valence electrons. The Kier molecular flexibility index (Phi) is 2.75. The highest BCUT2D eigenvalue weighted by atomic mass is 16.5. The van der Waals surface area contributed by atoms with E-state index in [2.05, 4.69) is 10.6 Å². The van der Waals surface area contributed by atoms with Crippen LogP contribution in [0.25, 0.3) is 5.65 Å². The van der Waals surface area contributed by atoms with E-state index in [4.69, 9.17) is 9.72 Å². The lowest BCUT2D eigenvalue weighted by atomic mass is 9.87. The second-order valence-electron chi connectivity index (χ2n) is 4.83. The Morgan fingerprint density at radius 3 is 2.88 bits per heavy atom. The molecular weight excluding hydrogens is 212 g/mol. The van der Waals surface area contributed by atoms with Crippen molar-refractivity contribution in [1.82, 2.24) is 9.38 Å². The van der Waals surface area contributed by atoms with Gasteiger partial charge in [0.15, 0.2) is 0 Å². The van der Waals surface area contributed by atoms with Crippen LogP contribution < -0.4 is 4.74 Å². The minimum Gasteiger partial charge on any atom is -0.497 e. The fraction of sp³-hybridized carbons (Fsp3) is 0.500. The minimum absolute atomic E-state index is 0.662. The molecule has 2 heterocycles. The zero-order valence-corrected chi connectivity index (χ0v) is 10.2. The van der Waals surface area contributed by atoms with Gasteiger partial charge >= 0.3 is 0 Å². The van der Waals surface area contributed by atoms with Crippen molar-refractivity contribution in [2.45, 2.75) is 38.0 Å². The number of ether oxygens (including phenoxy) is 1. The van der Waals surface area contributed by atoms with Gasteiger partial charge in [0.05, 0.1) is 12.8 Å². The van der Waals surface area contributed by atoms with Crippen molar-refractivity contribution < 1.29 is 4.74 Å². The second-order valence-corrected chi connectivity index (χ2v) is 4.83. The Bertz CT molecular complexity index is 512. The van der Waals surface area contributed by atoms with Crippen LogP contribution in [-0.2, 0) is 0 Å². The highest BCUT2D eigenvalue weighted by Gasteiger charge is 2.18. The molecule has 17 heavy (non-hydrogen) atoms. The average molecular weight is 230 g/mol. The van der Waals surface area contributed by atoms with Crippen LogP contribution in [0.1, 0.15) is 43.7 Å². The Labute approximate surface area is 101 Å². The van der Waals surface area contributed by atoms with Crippen LogP contribution in [0.2, 0.25) is 0 Å². The molecule has 0 unspecified atom stereocenters. The highest BCUT2D eigenvalue weighted by Crippen LogP contribution is 2.32. The molecular formula is C14H18N2O. The maximum Gasteiger partial charge on any atom is 0.140 e. The van der Waals surface area contributed by atoms with Gasteiger partial charge in [-0.25, -0.2) is 4.98 Å². The van der Waals surface area contributed by atoms with E-state index in [9.17, 15) is 0 Å². The number of imidazole rings is 1. The number of fused-ring (bicyclic) bond motifs is 1. The molecule has 2 aromatic rings. The van der Waals surface area contributed by atoms with Crippen molar-refractivity contribution in [1.29, 1.82) is 0 Å². The molecule has 0 bridgehead atoms. The summed E-state index contributed by atoms with van der Waals surface area (Å²) in [5.41, 5.74) is 2.24. The molecule has 3 rings (SSSR count). The third kappa shape index (κ3) is 2.02. The van der Waals surface area contributed by atoms with E-state index in [0.717, 1.165) is 11.4 Å². The van der Waals surface area contributed by atoms with Crippen molar-refractivity contribution in [2.24, 2.45) is 0 Å². The van der Waals surface area contributed by atoms with Gasteiger partial charge in [0, 0.05) is 24.4 Å². The molecule has 0 spiro atoms. The van der Waals surface area contributed by atoms with Crippen molar-refractivity contribution in [3.8, 4) is 5.75 Å². The molecule has 0 aliphatic heterocycles. The van der Waals surface area contributed by atoms with Crippen LogP contribution in [-0.4, -0.2) is 16.5 Å². The standard InChI is InChI=1S/C14H18N2O/c1-17-12-7-8-16-10-13(15-14(16)9-12)11-5-3-2-4-6-11/h7-11H,2-6H2,1H3. The first-order chi connectivity index (χ1) is 8.36. The molecule has 1 fully saturated rings. The fourth-order valence-corrected chi connectivity index (χ4v) is 2.70. The first kappa shape index (κ1) is 10.6. The van der Waals surface area contributed by atoms with Crippen LogP contribution in [0.5, 0.6) is 5.75 Å². The summed E-state index contributed by atoms with van der Waals surface area (Å²) >= 11 is 0. The van der Waals surface area contributed by atoms with Crippen LogP contribution in [0.3, 0.4) is 0 Å². The summed E-state index contributed by atoms with van der Waals surface area (Å²) in [4.78, 5) is 4.73. The quantitative estimate of drug-likeness (QED) is 0.790. The Hall–Kier alpha value is -1.51. The summed E-state index contributed by atoms with van der Waals surface area (Å²) in [6, 6.07) is 3.96. The molecule has 0 amide bonds. The van der Waals surface area contributed by atoms with Crippen molar-refractivity contribution in [3.63, 3.8) is 0 Å². The van der Waals surface area contributed by atoms with Gasteiger partial charge in [0.1, 0.15) is 11.4 Å². The van der Waals surface area contributed by atoms with Crippen LogP contribution in [0, 0.1) is 0 Å². The average Bonchev–Trinajstić information content (AvgIpc) is 2.82. The molecule has 0 saturated heterocycles. The largest absolute Gasteiger partial charge is 0.497 e. The molecule has 3 heteroatoms. The Morgan fingerprint density at radius 1 is 1.29 bits per heavy atom. The SMILES string of the molecule is COc1ccn2cc(C3CCCCC3)nc2c1. The first-order valence-electron chi connectivity index (χ1n) is 6.39. The summed E-state index contributed by atoms with van der Waals surface area (Å²) in [5, 5.41) is 0. The Balaban J connectivity index is 1.95. The van der Waals surface area contributed by atoms with E-state index in [-0.39, 0.29) is 0 Å². The van der Waals surface area contributed by atoms with Crippen molar-refractivity contribution in [2.75, 3.05) is 7.11 Å². The Morgan fingerprint density at radius 2 is 2.12 bits per heavy atom. The molecule has 0 N–H and O–H groups in total. The lowest BCUT2D eigenvalue weighted by Crippen LogP contribution is -2.04. The lowest BCUT2D eigenvalue weighted by molar-refractivity contribution is 0.414. The van der Waals surface area contributed by atoms with E-state index >= 15 is 0 Å². The normalized spacial score (nSPS) is 17.5. The van der Waals surface area contributed by atoms with Gasteiger partial charge in [0.25, 0.3) is 0 Å². The van der Waals surface area contributed by atoms with Crippen molar-refractivity contribution in [3.05, 3.63) is 30.2 Å². The first-order valence-corrected chi connectivity index (χ1v) is 6.39. The molecule has 1 aliphatic carbocycles. The topological polar surface area (TPSA) is 26.5 Å². The maximum absolute atomic E-state index is 5.22. The smallest absolute Gasteiger partial charge is 0.140 e. The summed E-state index contributed by atoms with van der Waals surface area (Å²) in [6.45, 7) is 0. The molecule has 1 saturated carbocycles. The zero-order chi connectivity index (χ0) is 11.7. The number of hydrogen-bond acceptors (Lipinski definition) is 2. The van der Waals surface area contributed by atoms with Gasteiger partial charge in [-0.3, -0.25) is 0 Å². The molecule has 0 atom stereocenters. The summed E-state index contributed by atoms with van der Waals surface area (Å²) in [5.74, 6) is 1.54. The fourth-order valence-electron chi connectivity index (χ4n) is 2.70. The summed E-state index contributed by atoms with van der Waals surface area (Å²) in [6.07, 6.45) is 10.9. The van der Waals surface area contributed by atoms with E-state index in [0.29, 0.717) is 5.92 Å². The van der Waals surface area contributed by atoms with Crippen LogP contribution in [0.4, 0.5) is 0 Å². The zero-order valence-electron chi connectivity index (χ0n) is 10.2. The van der Waals surface area contributed by atoms with E-state index in [1.165, 1.54) is 37.8 Å². The van der Waals surface area contributed by atoms with Gasteiger partial charge in [0.2, 0.25) is 0 Å². The van der Waals surface area contributed by atoms with Gasteiger partial charge in [-0.15, -0.1) is 0 Å². The number of methoxy groups -OCH3 is 1. The van der Waals surface area contributed by atoms with Gasteiger partial charge in [-0.2, -0.15) is 0 Å². The monoisotopic (exact) mass is 230 g/mol. The van der Waals surface area contributed by atoms with Gasteiger partial charge in [-0.05, 0) is 18.9 Å². The van der Waals surface area contributed by atoms with Crippen LogP contribution in [0.15, 0.2) is 24.5 Å². The minimum atomic E-state index is 0.662. The van der Waals surface area contributed by atoms with E-state index in [1.807, 2.05) is 18.3 Å². The third-order valence-corrected chi connectivity index (χ3v) is 3.71. The molecule has 2 aromatic heterocycles. The summed E-state index contributed by atoms with van der Waals surface area (Å²) in [7, 11) is 1.69. The lowest BCUT2D eigenvalue weighted by Gasteiger charge is -2.19. The number of nitrogens with zero attached hydrogens (tertiary/aromatic N) is 2. The predicted molar refractivity (Wildman–Crippen MR) is 67.6 cm³/mol. The van der Waals surface area contributed by atoms with Gasteiger partial charge in [-0.1, -0.05) is 19.3 Å². The second kappa shape index (κ2) is 4.40. The maximum atomic E-state index is 5.22. The molecule has 0 radical (unpaired) electrons. The number of hydrogen-bond donors (Lipinski definition) is 0. The molecule has 3 nitrogen and oxygen atoms in total. The predicted octanol–water partition coefficient (Wildman–Crippen LogP) is 3.39. The van der Waals surface area contributed by atoms with Crippen molar-refractivity contribution >= 4 is 5.65 Å². The number of pyridine rings is 1. The number of rotatable bonds is 2. The molecule has 0 aromatic carbocycles. The molecule has 1 aliphatic rings. The number of aromatic nitrogens is 2.